The lowest BCUT2D eigenvalue weighted by Crippen LogP contribution is -2.01. The van der Waals surface area contributed by atoms with E-state index < -0.39 is 0 Å². The summed E-state index contributed by atoms with van der Waals surface area (Å²) in [6.45, 7) is 0.572. The fraction of sp³-hybridized carbons (Fsp3) is 0.130. The Morgan fingerprint density at radius 2 is 1.90 bits per heavy atom. The zero-order valence-corrected chi connectivity index (χ0v) is 16.2. The number of halogens is 2. The minimum absolute atomic E-state index is 0.115. The minimum atomic E-state index is -0.306. The van der Waals surface area contributed by atoms with E-state index in [4.69, 9.17) is 11.6 Å². The molecular weight excluding hydrogens is 391 g/mol. The smallest absolute Gasteiger partial charge is 0.236 e. The van der Waals surface area contributed by atoms with E-state index in [0.717, 1.165) is 11.1 Å². The molecule has 4 aromatic rings. The first kappa shape index (κ1) is 19.2. The van der Waals surface area contributed by atoms with Crippen molar-refractivity contribution in [2.75, 3.05) is 5.88 Å². The molecule has 0 spiro atoms. The number of nitrogens with zero attached hydrogens (tertiary/aromatic N) is 2. The summed E-state index contributed by atoms with van der Waals surface area (Å²) in [5.74, 6) is -0.103. The molecule has 0 bridgehead atoms. The van der Waals surface area contributed by atoms with Gasteiger partial charge < -0.3 is 9.67 Å². The van der Waals surface area contributed by atoms with Crippen molar-refractivity contribution >= 4 is 28.3 Å². The lowest BCUT2D eigenvalue weighted by Gasteiger charge is -2.05. The Kier molecular flexibility index (Phi) is 5.32. The molecule has 4 rings (SSSR count). The van der Waals surface area contributed by atoms with Crippen molar-refractivity contribution in [2.24, 2.45) is 0 Å². The average Bonchev–Trinajstić information content (AvgIpc) is 3.12. The molecule has 0 unspecified atom stereocenters. The Morgan fingerprint density at radius 1 is 1.10 bits per heavy atom. The third-order valence-electron chi connectivity index (χ3n) is 4.85. The monoisotopic (exact) mass is 408 g/mol. The number of rotatable bonds is 6. The second-order valence-electron chi connectivity index (χ2n) is 6.73. The van der Waals surface area contributed by atoms with Gasteiger partial charge in [-0.25, -0.2) is 9.37 Å². The van der Waals surface area contributed by atoms with Gasteiger partial charge in [0.1, 0.15) is 11.3 Å². The molecule has 0 aliphatic rings. The van der Waals surface area contributed by atoms with E-state index in [2.05, 4.69) is 4.98 Å². The van der Waals surface area contributed by atoms with Gasteiger partial charge in [-0.2, -0.15) is 0 Å². The topological polar surface area (TPSA) is 55.1 Å². The number of carbonyl (C=O) groups excluding carboxylic acids is 1. The summed E-state index contributed by atoms with van der Waals surface area (Å²) >= 11 is 5.81. The van der Waals surface area contributed by atoms with Crippen molar-refractivity contribution < 1.29 is 14.3 Å². The number of benzene rings is 2. The number of aromatic hydroxyl groups is 1. The van der Waals surface area contributed by atoms with Crippen LogP contribution in [0.3, 0.4) is 0 Å². The SMILES string of the molecule is O=C(c1cccc(-c2ccc(F)cc2)c1)c1cn(CCCCl)c2c(O)nccc12. The average molecular weight is 409 g/mol. The van der Waals surface area contributed by atoms with Gasteiger partial charge in [-0.05, 0) is 41.8 Å². The molecule has 6 heteroatoms. The van der Waals surface area contributed by atoms with Crippen molar-refractivity contribution in [1.82, 2.24) is 9.55 Å². The summed E-state index contributed by atoms with van der Waals surface area (Å²) in [7, 11) is 0. The summed E-state index contributed by atoms with van der Waals surface area (Å²) in [5.41, 5.74) is 3.18. The third kappa shape index (κ3) is 3.74. The lowest BCUT2D eigenvalue weighted by atomic mass is 9.98. The highest BCUT2D eigenvalue weighted by molar-refractivity contribution is 6.18. The molecule has 0 saturated carbocycles. The highest BCUT2D eigenvalue weighted by Crippen LogP contribution is 2.30. The fourth-order valence-corrected chi connectivity index (χ4v) is 3.58. The van der Waals surface area contributed by atoms with Crippen molar-refractivity contribution in [2.45, 2.75) is 13.0 Å². The van der Waals surface area contributed by atoms with Crippen LogP contribution in [0.25, 0.3) is 22.0 Å². The number of fused-ring (bicyclic) bond motifs is 1. The van der Waals surface area contributed by atoms with Crippen LogP contribution in [0.1, 0.15) is 22.3 Å². The number of alkyl halides is 1. The first-order valence-electron chi connectivity index (χ1n) is 9.22. The minimum Gasteiger partial charge on any atom is -0.492 e. The van der Waals surface area contributed by atoms with Crippen LogP contribution >= 0.6 is 11.6 Å². The van der Waals surface area contributed by atoms with Crippen molar-refractivity contribution in [3.05, 3.63) is 83.9 Å². The molecule has 2 aromatic carbocycles. The molecule has 146 valence electrons. The number of pyridine rings is 1. The van der Waals surface area contributed by atoms with Gasteiger partial charge in [0.05, 0.1) is 0 Å². The number of aryl methyl sites for hydroxylation is 1. The maximum Gasteiger partial charge on any atom is 0.236 e. The quantitative estimate of drug-likeness (QED) is 0.343. The second-order valence-corrected chi connectivity index (χ2v) is 7.10. The third-order valence-corrected chi connectivity index (χ3v) is 5.11. The number of hydrogen-bond acceptors (Lipinski definition) is 3. The summed E-state index contributed by atoms with van der Waals surface area (Å²) in [4.78, 5) is 17.2. The number of aromatic nitrogens is 2. The van der Waals surface area contributed by atoms with Gasteiger partial charge in [-0.1, -0.05) is 30.3 Å². The Bertz CT molecular complexity index is 1190. The Morgan fingerprint density at radius 3 is 2.66 bits per heavy atom. The molecule has 0 saturated heterocycles. The molecule has 0 radical (unpaired) electrons. The van der Waals surface area contributed by atoms with Gasteiger partial charge in [-0.3, -0.25) is 4.79 Å². The Hall–Kier alpha value is -3.18. The molecule has 0 fully saturated rings. The van der Waals surface area contributed by atoms with Gasteiger partial charge in [0, 0.05) is 41.3 Å². The maximum absolute atomic E-state index is 13.3. The maximum atomic E-state index is 13.3. The highest BCUT2D eigenvalue weighted by atomic mass is 35.5. The van der Waals surface area contributed by atoms with Crippen LogP contribution in [-0.2, 0) is 6.54 Å². The van der Waals surface area contributed by atoms with E-state index in [-0.39, 0.29) is 17.5 Å². The number of hydrogen-bond donors (Lipinski definition) is 1. The predicted molar refractivity (Wildman–Crippen MR) is 112 cm³/mol. The molecule has 4 nitrogen and oxygen atoms in total. The van der Waals surface area contributed by atoms with Crippen LogP contribution in [-0.4, -0.2) is 26.3 Å². The fourth-order valence-electron chi connectivity index (χ4n) is 3.46. The van der Waals surface area contributed by atoms with Crippen LogP contribution < -0.4 is 0 Å². The van der Waals surface area contributed by atoms with Crippen LogP contribution in [0.15, 0.2) is 67.0 Å². The van der Waals surface area contributed by atoms with Crippen molar-refractivity contribution in [3.63, 3.8) is 0 Å². The van der Waals surface area contributed by atoms with Crippen LogP contribution in [0.2, 0.25) is 0 Å². The molecular formula is C23H18ClFN2O2. The van der Waals surface area contributed by atoms with Crippen LogP contribution in [0.4, 0.5) is 4.39 Å². The van der Waals surface area contributed by atoms with E-state index in [1.807, 2.05) is 10.6 Å². The summed E-state index contributed by atoms with van der Waals surface area (Å²) in [6.07, 6.45) is 3.92. The zero-order chi connectivity index (χ0) is 20.4. The van der Waals surface area contributed by atoms with Gasteiger partial charge in [0.2, 0.25) is 5.88 Å². The van der Waals surface area contributed by atoms with Crippen LogP contribution in [0.5, 0.6) is 5.88 Å². The van der Waals surface area contributed by atoms with E-state index in [1.54, 1.807) is 42.6 Å². The highest BCUT2D eigenvalue weighted by Gasteiger charge is 2.19. The Balaban J connectivity index is 1.77. The largest absolute Gasteiger partial charge is 0.492 e. The standard InChI is InChI=1S/C23H18ClFN2O2/c24-10-2-12-27-14-20(19-9-11-26-23(29)21(19)27)22(28)17-4-1-3-16(13-17)15-5-7-18(25)8-6-15/h1,3-9,11,13-14H,2,10,12H2,(H,26,29). The van der Waals surface area contributed by atoms with E-state index in [1.165, 1.54) is 18.3 Å². The van der Waals surface area contributed by atoms with Crippen molar-refractivity contribution in [1.29, 1.82) is 0 Å². The van der Waals surface area contributed by atoms with Crippen molar-refractivity contribution in [3.8, 4) is 17.0 Å². The summed E-state index contributed by atoms with van der Waals surface area (Å²) in [5, 5.41) is 10.9. The molecule has 0 atom stereocenters. The predicted octanol–water partition coefficient (Wildman–Crippen LogP) is 5.41. The molecule has 1 N–H and O–H groups in total. The van der Waals surface area contributed by atoms with E-state index in [9.17, 15) is 14.3 Å². The van der Waals surface area contributed by atoms with Crippen LogP contribution in [0, 0.1) is 5.82 Å². The Labute approximate surface area is 172 Å². The zero-order valence-electron chi connectivity index (χ0n) is 15.5. The van der Waals surface area contributed by atoms with Gasteiger partial charge >= 0.3 is 0 Å². The number of carbonyl (C=O) groups is 1. The molecule has 2 heterocycles. The molecule has 0 aliphatic heterocycles. The summed E-state index contributed by atoms with van der Waals surface area (Å²) in [6, 6.07) is 15.1. The number of ketones is 1. The summed E-state index contributed by atoms with van der Waals surface area (Å²) < 4.78 is 15.0. The molecule has 2 aromatic heterocycles. The van der Waals surface area contributed by atoms with Gasteiger partial charge in [0.25, 0.3) is 0 Å². The second kappa shape index (κ2) is 8.05. The molecule has 0 aliphatic carbocycles. The molecule has 0 amide bonds. The first-order chi connectivity index (χ1) is 14.1. The van der Waals surface area contributed by atoms with E-state index in [0.29, 0.717) is 40.9 Å². The van der Waals surface area contributed by atoms with E-state index >= 15 is 0 Å². The van der Waals surface area contributed by atoms with Gasteiger partial charge in [0.15, 0.2) is 5.78 Å². The lowest BCUT2D eigenvalue weighted by molar-refractivity contribution is 0.104. The van der Waals surface area contributed by atoms with Gasteiger partial charge in [-0.15, -0.1) is 11.6 Å². The molecule has 29 heavy (non-hydrogen) atoms. The first-order valence-corrected chi connectivity index (χ1v) is 9.75. The normalized spacial score (nSPS) is 11.1.